The fraction of sp³-hybridized carbons (Fsp3) is 0.250. The third-order valence-corrected chi connectivity index (χ3v) is 3.73. The van der Waals surface area contributed by atoms with Gasteiger partial charge in [-0.1, -0.05) is 19.1 Å². The van der Waals surface area contributed by atoms with Crippen LogP contribution in [0.2, 0.25) is 0 Å². The molecule has 0 spiro atoms. The summed E-state index contributed by atoms with van der Waals surface area (Å²) in [6, 6.07) is 9.63. The number of benzene rings is 2. The third kappa shape index (κ3) is 3.44. The molecule has 0 fully saturated rings. The van der Waals surface area contributed by atoms with Crippen molar-refractivity contribution in [3.63, 3.8) is 0 Å². The zero-order valence-corrected chi connectivity index (χ0v) is 13.0. The average Bonchev–Trinajstić information content (AvgIpc) is 2.38. The molecule has 2 aromatic rings. The average molecular weight is 340 g/mol. The maximum Gasteiger partial charge on any atom is 0.137 e. The van der Waals surface area contributed by atoms with Crippen LogP contribution in [-0.4, -0.2) is 6.54 Å². The van der Waals surface area contributed by atoms with Gasteiger partial charge in [-0.2, -0.15) is 0 Å². The molecule has 1 unspecified atom stereocenters. The van der Waals surface area contributed by atoms with E-state index < -0.39 is 0 Å². The first-order valence-corrected chi connectivity index (χ1v) is 7.26. The molecule has 0 saturated carbocycles. The largest absolute Gasteiger partial charge is 0.307 e. The molecule has 0 amide bonds. The molecule has 0 aliphatic carbocycles. The fourth-order valence-corrected chi connectivity index (χ4v) is 2.50. The van der Waals surface area contributed by atoms with E-state index in [9.17, 15) is 8.78 Å². The molecule has 0 radical (unpaired) electrons. The van der Waals surface area contributed by atoms with Crippen molar-refractivity contribution in [2.45, 2.75) is 19.9 Å². The van der Waals surface area contributed by atoms with Gasteiger partial charge < -0.3 is 5.32 Å². The Morgan fingerprint density at radius 2 is 1.85 bits per heavy atom. The molecule has 20 heavy (non-hydrogen) atoms. The highest BCUT2D eigenvalue weighted by atomic mass is 79.9. The lowest BCUT2D eigenvalue weighted by Gasteiger charge is -2.20. The number of hydrogen-bond donors (Lipinski definition) is 1. The first-order chi connectivity index (χ1) is 9.51. The van der Waals surface area contributed by atoms with E-state index in [2.05, 4.69) is 21.2 Å². The molecule has 0 bridgehead atoms. The molecule has 4 heteroatoms. The van der Waals surface area contributed by atoms with Crippen LogP contribution in [0.3, 0.4) is 0 Å². The lowest BCUT2D eigenvalue weighted by molar-refractivity contribution is 0.590. The quantitative estimate of drug-likeness (QED) is 0.848. The predicted octanol–water partition coefficient (Wildman–Crippen LogP) is 4.73. The van der Waals surface area contributed by atoms with Gasteiger partial charge in [-0.05, 0) is 70.4 Å². The Kier molecular flexibility index (Phi) is 4.89. The van der Waals surface area contributed by atoms with Gasteiger partial charge >= 0.3 is 0 Å². The molecule has 0 aliphatic heterocycles. The summed E-state index contributed by atoms with van der Waals surface area (Å²) in [6.07, 6.45) is 0. The van der Waals surface area contributed by atoms with Gasteiger partial charge in [-0.25, -0.2) is 8.78 Å². The van der Waals surface area contributed by atoms with Crippen LogP contribution in [0.4, 0.5) is 8.78 Å². The standard InChI is InChI=1S/C16H16BrF2N/c1-3-20-16(11-4-5-14(17)15(19)9-11)12-6-10(2)7-13(18)8-12/h4-9,16,20H,3H2,1-2H3. The highest BCUT2D eigenvalue weighted by molar-refractivity contribution is 9.10. The van der Waals surface area contributed by atoms with E-state index in [0.717, 1.165) is 16.7 Å². The zero-order chi connectivity index (χ0) is 14.7. The number of rotatable bonds is 4. The molecule has 0 saturated heterocycles. The van der Waals surface area contributed by atoms with Crippen LogP contribution in [0.1, 0.15) is 29.7 Å². The van der Waals surface area contributed by atoms with Gasteiger partial charge in [0.15, 0.2) is 0 Å². The van der Waals surface area contributed by atoms with Gasteiger partial charge in [0.25, 0.3) is 0 Å². The second kappa shape index (κ2) is 6.46. The van der Waals surface area contributed by atoms with Crippen molar-refractivity contribution in [3.05, 3.63) is 69.2 Å². The van der Waals surface area contributed by atoms with E-state index in [4.69, 9.17) is 0 Å². The van der Waals surface area contributed by atoms with Crippen molar-refractivity contribution in [1.29, 1.82) is 0 Å². The molecule has 2 aromatic carbocycles. The van der Waals surface area contributed by atoms with E-state index in [1.54, 1.807) is 6.07 Å². The van der Waals surface area contributed by atoms with Crippen LogP contribution >= 0.6 is 15.9 Å². The SMILES string of the molecule is CCNC(c1cc(C)cc(F)c1)c1ccc(Br)c(F)c1. The normalized spacial score (nSPS) is 12.4. The minimum Gasteiger partial charge on any atom is -0.307 e. The van der Waals surface area contributed by atoms with E-state index in [1.165, 1.54) is 18.2 Å². The minimum absolute atomic E-state index is 0.225. The molecule has 0 aliphatic rings. The van der Waals surface area contributed by atoms with Crippen molar-refractivity contribution >= 4 is 15.9 Å². The molecule has 1 nitrogen and oxygen atoms in total. The number of aryl methyl sites for hydroxylation is 1. The first kappa shape index (κ1) is 15.1. The van der Waals surface area contributed by atoms with Gasteiger partial charge in [-0.15, -0.1) is 0 Å². The molecular weight excluding hydrogens is 324 g/mol. The van der Waals surface area contributed by atoms with Gasteiger partial charge in [0.2, 0.25) is 0 Å². The van der Waals surface area contributed by atoms with Crippen LogP contribution in [0.25, 0.3) is 0 Å². The van der Waals surface area contributed by atoms with E-state index in [-0.39, 0.29) is 17.7 Å². The van der Waals surface area contributed by atoms with Crippen LogP contribution < -0.4 is 5.32 Å². The Morgan fingerprint density at radius 1 is 1.10 bits per heavy atom. The second-order valence-corrected chi connectivity index (χ2v) is 5.58. The topological polar surface area (TPSA) is 12.0 Å². The summed E-state index contributed by atoms with van der Waals surface area (Å²) < 4.78 is 27.7. The Morgan fingerprint density at radius 3 is 2.45 bits per heavy atom. The van der Waals surface area contributed by atoms with E-state index in [1.807, 2.05) is 26.0 Å². The summed E-state index contributed by atoms with van der Waals surface area (Å²) in [5, 5.41) is 3.27. The zero-order valence-electron chi connectivity index (χ0n) is 11.4. The van der Waals surface area contributed by atoms with Crippen LogP contribution in [0.15, 0.2) is 40.9 Å². The summed E-state index contributed by atoms with van der Waals surface area (Å²) in [4.78, 5) is 0. The molecular formula is C16H16BrF2N. The molecule has 0 heterocycles. The molecule has 1 atom stereocenters. The summed E-state index contributed by atoms with van der Waals surface area (Å²) in [6.45, 7) is 4.52. The first-order valence-electron chi connectivity index (χ1n) is 6.46. The Labute approximate surface area is 126 Å². The number of hydrogen-bond acceptors (Lipinski definition) is 1. The Bertz CT molecular complexity index is 593. The van der Waals surface area contributed by atoms with Crippen molar-refractivity contribution in [2.24, 2.45) is 0 Å². The molecule has 2 rings (SSSR count). The predicted molar refractivity (Wildman–Crippen MR) is 80.8 cm³/mol. The van der Waals surface area contributed by atoms with Gasteiger partial charge in [0.05, 0.1) is 10.5 Å². The Balaban J connectivity index is 2.46. The van der Waals surface area contributed by atoms with Crippen LogP contribution in [0, 0.1) is 18.6 Å². The van der Waals surface area contributed by atoms with Crippen LogP contribution in [0.5, 0.6) is 0 Å². The second-order valence-electron chi connectivity index (χ2n) is 4.73. The van der Waals surface area contributed by atoms with Gasteiger partial charge in [0.1, 0.15) is 11.6 Å². The maximum atomic E-state index is 13.7. The minimum atomic E-state index is -0.321. The van der Waals surface area contributed by atoms with Gasteiger partial charge in [-0.3, -0.25) is 0 Å². The lowest BCUT2D eigenvalue weighted by atomic mass is 9.97. The van der Waals surface area contributed by atoms with Crippen LogP contribution in [-0.2, 0) is 0 Å². The summed E-state index contributed by atoms with van der Waals surface area (Å²) in [5.41, 5.74) is 2.42. The van der Waals surface area contributed by atoms with E-state index >= 15 is 0 Å². The van der Waals surface area contributed by atoms with Crippen molar-refractivity contribution in [2.75, 3.05) is 6.54 Å². The highest BCUT2D eigenvalue weighted by Gasteiger charge is 2.15. The molecule has 1 N–H and O–H groups in total. The number of nitrogens with one attached hydrogen (secondary N) is 1. The van der Waals surface area contributed by atoms with Crippen molar-refractivity contribution < 1.29 is 8.78 Å². The monoisotopic (exact) mass is 339 g/mol. The molecule has 106 valence electrons. The number of halogens is 3. The summed E-state index contributed by atoms with van der Waals surface area (Å²) >= 11 is 3.14. The van der Waals surface area contributed by atoms with Gasteiger partial charge in [0, 0.05) is 0 Å². The smallest absolute Gasteiger partial charge is 0.137 e. The summed E-state index contributed by atoms with van der Waals surface area (Å²) in [7, 11) is 0. The van der Waals surface area contributed by atoms with Crippen molar-refractivity contribution in [1.82, 2.24) is 5.32 Å². The third-order valence-electron chi connectivity index (χ3n) is 3.08. The van der Waals surface area contributed by atoms with E-state index in [0.29, 0.717) is 11.0 Å². The fourth-order valence-electron chi connectivity index (χ4n) is 2.26. The molecule has 0 aromatic heterocycles. The maximum absolute atomic E-state index is 13.7. The van der Waals surface area contributed by atoms with Crippen molar-refractivity contribution in [3.8, 4) is 0 Å². The highest BCUT2D eigenvalue weighted by Crippen LogP contribution is 2.26. The summed E-state index contributed by atoms with van der Waals surface area (Å²) in [5.74, 6) is -0.598. The Hall–Kier alpha value is -1.26. The lowest BCUT2D eigenvalue weighted by Crippen LogP contribution is -2.22.